The highest BCUT2D eigenvalue weighted by Gasteiger charge is 2.31. The molecule has 0 aliphatic rings. The molecule has 0 aliphatic carbocycles. The number of nitrogens with zero attached hydrogens (tertiary/aromatic N) is 10. The fourth-order valence-electron chi connectivity index (χ4n) is 10.3. The Kier molecular flexibility index (Phi) is 11.1. The van der Waals surface area contributed by atoms with E-state index in [0.29, 0.717) is 66.9 Å². The number of halogens is 3. The predicted molar refractivity (Wildman–Crippen MR) is 286 cm³/mol. The quantitative estimate of drug-likeness (QED) is 0.154. The van der Waals surface area contributed by atoms with Crippen molar-refractivity contribution in [1.82, 2.24) is 9.13 Å². The molecule has 13 heteroatoms. The molecule has 11 rings (SSSR count). The van der Waals surface area contributed by atoms with Crippen LogP contribution in [0.2, 0.25) is 0 Å². The zero-order valence-electron chi connectivity index (χ0n) is 39.2. The maximum atomic E-state index is 14.1. The van der Waals surface area contributed by atoms with Crippen LogP contribution in [0.15, 0.2) is 164 Å². The van der Waals surface area contributed by atoms with Gasteiger partial charge in [-0.05, 0) is 113 Å². The van der Waals surface area contributed by atoms with Crippen molar-refractivity contribution in [1.29, 1.82) is 21.0 Å². The molecule has 0 spiro atoms. The average Bonchev–Trinajstić information content (AvgIpc) is 4.00. The Labute approximate surface area is 431 Å². The third-order valence-corrected chi connectivity index (χ3v) is 13.5. The molecule has 76 heavy (non-hydrogen) atoms. The van der Waals surface area contributed by atoms with Crippen LogP contribution in [0.1, 0.15) is 27.8 Å². The van der Waals surface area contributed by atoms with E-state index in [4.69, 9.17) is 26.3 Å². The van der Waals surface area contributed by atoms with E-state index >= 15 is 0 Å². The first-order valence-electron chi connectivity index (χ1n) is 23.0. The lowest BCUT2D eigenvalue weighted by atomic mass is 9.93. The van der Waals surface area contributed by atoms with Gasteiger partial charge >= 0.3 is 6.18 Å². The molecule has 0 bridgehead atoms. The van der Waals surface area contributed by atoms with Crippen LogP contribution in [-0.4, -0.2) is 9.13 Å². The van der Waals surface area contributed by atoms with Gasteiger partial charge in [0.05, 0.1) is 95.1 Å². The van der Waals surface area contributed by atoms with Crippen LogP contribution in [0.25, 0.3) is 119 Å². The number of hydrogen-bond acceptors (Lipinski definition) is 4. The van der Waals surface area contributed by atoms with E-state index in [0.717, 1.165) is 44.7 Å². The molecule has 0 aliphatic heterocycles. The molecule has 0 atom stereocenters. The van der Waals surface area contributed by atoms with Crippen molar-refractivity contribution in [2.24, 2.45) is 0 Å². The zero-order chi connectivity index (χ0) is 53.0. The lowest BCUT2D eigenvalue weighted by Crippen LogP contribution is -2.04. The second-order valence-electron chi connectivity index (χ2n) is 17.6. The smallest absolute Gasteiger partial charge is 0.309 e. The molecule has 0 saturated carbocycles. The minimum Gasteiger partial charge on any atom is -0.309 e. The van der Waals surface area contributed by atoms with E-state index in [1.807, 2.05) is 118 Å². The third kappa shape index (κ3) is 7.44. The standard InChI is InChI=1S/C63H27F3N10/c1-71-44-26-42(35-70)62(54(31-44)74-4)40-16-22-59-50(29-40)47-10-6-8-12-56(47)76(59)60-20-14-38(45-18-17-43(63(64,65)66)30-52(45)72-2)27-51(60)48-24-36(32-67)13-19-57(48)75-55-11-7-5-9-46(55)49-28-39(15-21-58(49)75)61-41(34-69)23-37(33-68)25-53(61)73-3/h5-31H. The van der Waals surface area contributed by atoms with Gasteiger partial charge in [0.25, 0.3) is 0 Å². The van der Waals surface area contributed by atoms with Gasteiger partial charge in [-0.2, -0.15) is 34.2 Å². The first-order valence-corrected chi connectivity index (χ1v) is 23.0. The van der Waals surface area contributed by atoms with Gasteiger partial charge in [0.2, 0.25) is 0 Å². The van der Waals surface area contributed by atoms with E-state index < -0.39 is 11.7 Å². The van der Waals surface area contributed by atoms with E-state index in [1.165, 1.54) is 30.3 Å². The zero-order valence-corrected chi connectivity index (χ0v) is 39.2. The molecule has 11 aromatic rings. The van der Waals surface area contributed by atoms with Crippen molar-refractivity contribution in [3.8, 4) is 80.2 Å². The largest absolute Gasteiger partial charge is 0.415 e. The maximum absolute atomic E-state index is 14.1. The normalized spacial score (nSPS) is 11.0. The van der Waals surface area contributed by atoms with Crippen LogP contribution in [-0.2, 0) is 6.18 Å². The Hall–Kier alpha value is -11.7. The highest BCUT2D eigenvalue weighted by atomic mass is 19.4. The molecule has 0 saturated heterocycles. The SMILES string of the molecule is [C-]#[N+]c1cc(C#N)c(-c2ccc3c(c2)c2ccccc2n3-c2ccc(-c3ccc(C(F)(F)F)cc3[N+]#[C-])cc2-c2cc(C#N)ccc2-n2c3ccccc3c3cc(-c4c(C#N)cc(C#N)cc4[N+]#[C-])ccc32)c([N+]#[C-])c1. The van der Waals surface area contributed by atoms with Gasteiger partial charge in [0, 0.05) is 60.5 Å². The van der Waals surface area contributed by atoms with Gasteiger partial charge in [-0.3, -0.25) is 0 Å². The second kappa shape index (κ2) is 18.2. The number of aromatic nitrogens is 2. The molecular weight excluding hydrogens is 954 g/mol. The Morgan fingerprint density at radius 1 is 0.395 bits per heavy atom. The molecule has 350 valence electrons. The summed E-state index contributed by atoms with van der Waals surface area (Å²) in [5.41, 5.74) is 7.86. The summed E-state index contributed by atoms with van der Waals surface area (Å²) in [6, 6.07) is 54.8. The number of rotatable bonds is 6. The van der Waals surface area contributed by atoms with Crippen LogP contribution in [0.4, 0.5) is 35.9 Å². The Morgan fingerprint density at radius 3 is 1.45 bits per heavy atom. The van der Waals surface area contributed by atoms with Crippen molar-refractivity contribution < 1.29 is 13.2 Å². The fourth-order valence-corrected chi connectivity index (χ4v) is 10.3. The molecule has 0 N–H and O–H groups in total. The number of fused-ring (bicyclic) bond motifs is 6. The molecule has 2 heterocycles. The van der Waals surface area contributed by atoms with Gasteiger partial charge in [-0.1, -0.05) is 72.8 Å². The lowest BCUT2D eigenvalue weighted by molar-refractivity contribution is -0.137. The van der Waals surface area contributed by atoms with Gasteiger partial charge in [-0.25, -0.2) is 19.4 Å². The van der Waals surface area contributed by atoms with Crippen molar-refractivity contribution in [3.63, 3.8) is 0 Å². The molecule has 2 aromatic heterocycles. The highest BCUT2D eigenvalue weighted by molar-refractivity contribution is 6.13. The molecule has 10 nitrogen and oxygen atoms in total. The van der Waals surface area contributed by atoms with Gasteiger partial charge < -0.3 is 9.13 Å². The monoisotopic (exact) mass is 980 g/mol. The topological polar surface area (TPSA) is 122 Å². The molecule has 9 aromatic carbocycles. The van der Waals surface area contributed by atoms with Crippen LogP contribution in [0.3, 0.4) is 0 Å². The third-order valence-electron chi connectivity index (χ3n) is 13.5. The van der Waals surface area contributed by atoms with E-state index in [9.17, 15) is 34.2 Å². The summed E-state index contributed by atoms with van der Waals surface area (Å²) < 4.78 is 46.3. The van der Waals surface area contributed by atoms with Crippen LogP contribution in [0, 0.1) is 71.6 Å². The van der Waals surface area contributed by atoms with Crippen molar-refractivity contribution >= 4 is 66.4 Å². The number of benzene rings is 9. The average molecular weight is 981 g/mol. The van der Waals surface area contributed by atoms with Crippen molar-refractivity contribution in [3.05, 3.63) is 237 Å². The molecule has 0 fully saturated rings. The number of para-hydroxylation sites is 2. The first kappa shape index (κ1) is 46.7. The van der Waals surface area contributed by atoms with Gasteiger partial charge in [0.1, 0.15) is 0 Å². The van der Waals surface area contributed by atoms with Crippen molar-refractivity contribution in [2.75, 3.05) is 0 Å². The minimum absolute atomic E-state index is 0.145. The predicted octanol–water partition coefficient (Wildman–Crippen LogP) is 17.3. The summed E-state index contributed by atoms with van der Waals surface area (Å²) in [4.78, 5) is 14.4. The summed E-state index contributed by atoms with van der Waals surface area (Å²) in [6.07, 6.45) is -4.70. The lowest BCUT2D eigenvalue weighted by Gasteiger charge is -2.20. The molecular formula is C63H27F3N10. The second-order valence-corrected chi connectivity index (χ2v) is 17.6. The van der Waals surface area contributed by atoms with Gasteiger partial charge in [-0.15, -0.1) is 0 Å². The fraction of sp³-hybridized carbons (Fsp3) is 0.0159. The molecule has 0 unspecified atom stereocenters. The first-order chi connectivity index (χ1) is 36.9. The van der Waals surface area contributed by atoms with Crippen molar-refractivity contribution in [2.45, 2.75) is 6.18 Å². The summed E-state index contributed by atoms with van der Waals surface area (Å²) >= 11 is 0. The number of nitriles is 4. The van der Waals surface area contributed by atoms with E-state index in [-0.39, 0.29) is 45.0 Å². The van der Waals surface area contributed by atoms with Crippen LogP contribution < -0.4 is 0 Å². The Balaban J connectivity index is 1.22. The summed E-state index contributed by atoms with van der Waals surface area (Å²) in [5.74, 6) is 0. The minimum atomic E-state index is -4.70. The maximum Gasteiger partial charge on any atom is 0.415 e. The van der Waals surface area contributed by atoms with E-state index in [1.54, 1.807) is 18.2 Å². The summed E-state index contributed by atoms with van der Waals surface area (Å²) in [6.45, 7) is 31.6. The highest BCUT2D eigenvalue weighted by Crippen LogP contribution is 2.47. The molecule has 0 amide bonds. The number of alkyl halides is 3. The Morgan fingerprint density at radius 2 is 0.908 bits per heavy atom. The summed E-state index contributed by atoms with van der Waals surface area (Å²) in [7, 11) is 0. The van der Waals surface area contributed by atoms with Gasteiger partial charge in [0.15, 0.2) is 22.7 Å². The molecule has 0 radical (unpaired) electrons. The van der Waals surface area contributed by atoms with Crippen LogP contribution in [0.5, 0.6) is 0 Å². The van der Waals surface area contributed by atoms with Crippen LogP contribution >= 0.6 is 0 Å². The number of hydrogen-bond donors (Lipinski definition) is 0. The summed E-state index contributed by atoms with van der Waals surface area (Å²) in [5, 5.41) is 43.9. The Bertz CT molecular complexity index is 4680. The van der Waals surface area contributed by atoms with E-state index in [2.05, 4.69) is 37.6 Å².